The van der Waals surface area contributed by atoms with Crippen LogP contribution in [0.4, 0.5) is 10.5 Å². The lowest BCUT2D eigenvalue weighted by Crippen LogP contribution is -2.42. The highest BCUT2D eigenvalue weighted by molar-refractivity contribution is 8.13. The summed E-state index contributed by atoms with van der Waals surface area (Å²) in [7, 11) is 1.22. The van der Waals surface area contributed by atoms with Gasteiger partial charge in [-0.15, -0.1) is 0 Å². The van der Waals surface area contributed by atoms with Crippen molar-refractivity contribution in [3.05, 3.63) is 54.1 Å². The molecule has 1 unspecified atom stereocenters. The number of nitrogens with two attached hydrogens (primary N) is 1. The van der Waals surface area contributed by atoms with E-state index in [2.05, 4.69) is 16.0 Å². The predicted octanol–water partition coefficient (Wildman–Crippen LogP) is 3.70. The lowest BCUT2D eigenvalue weighted by molar-refractivity contribution is -0.143. The average Bonchev–Trinajstić information content (AvgIpc) is 3.35. The van der Waals surface area contributed by atoms with E-state index in [-0.39, 0.29) is 29.4 Å². The summed E-state index contributed by atoms with van der Waals surface area (Å²) >= 11 is 1.21. The molecule has 0 spiro atoms. The van der Waals surface area contributed by atoms with E-state index in [4.69, 9.17) is 15.2 Å². The molecule has 2 aromatic rings. The third kappa shape index (κ3) is 9.56. The van der Waals surface area contributed by atoms with Crippen molar-refractivity contribution >= 4 is 40.5 Å². The first-order chi connectivity index (χ1) is 18.9. The van der Waals surface area contributed by atoms with Crippen LogP contribution in [0.3, 0.4) is 0 Å². The number of carbonyl (C=O) groups excluding carboxylic acids is 4. The molecule has 1 fully saturated rings. The van der Waals surface area contributed by atoms with Gasteiger partial charge < -0.3 is 31.2 Å². The number of benzene rings is 2. The lowest BCUT2D eigenvalue weighted by Gasteiger charge is -2.20. The van der Waals surface area contributed by atoms with Gasteiger partial charge in [-0.1, -0.05) is 36.4 Å². The fourth-order valence-corrected chi connectivity index (χ4v) is 5.38. The van der Waals surface area contributed by atoms with Crippen molar-refractivity contribution in [3.8, 4) is 11.1 Å². The molecule has 0 aliphatic carbocycles. The van der Waals surface area contributed by atoms with Crippen molar-refractivity contribution in [2.75, 3.05) is 25.5 Å². The average molecular weight is 571 g/mol. The number of hydrogen-bond donors (Lipinski definition) is 4. The van der Waals surface area contributed by atoms with Crippen LogP contribution in [0.1, 0.15) is 50.4 Å². The SMILES string of the molecule is COC(=O)C(CCC(N)=O)NC(=O)c1cc(NC[C@@H]2C[C@H](SC(=O)OC(C)(C)C)CN2)ccc1-c1ccccc1. The first-order valence-corrected chi connectivity index (χ1v) is 14.1. The molecule has 2 aromatic carbocycles. The standard InChI is InChI=1S/C29H38N4O6S/c1-29(2,3)39-28(37)40-21-14-20(32-17-21)16-31-19-10-11-22(18-8-6-5-7-9-18)23(15-19)26(35)33-24(27(36)38-4)12-13-25(30)34/h5-11,15,20-21,24,31-32H,12-14,16-17H2,1-4H3,(H2,30,34)(H,33,35)/t20-,21-,24?/m0/s1. The zero-order valence-electron chi connectivity index (χ0n) is 23.3. The molecule has 1 aliphatic heterocycles. The van der Waals surface area contributed by atoms with Crippen LogP contribution in [0.2, 0.25) is 0 Å². The van der Waals surface area contributed by atoms with Crippen LogP contribution >= 0.6 is 11.8 Å². The minimum Gasteiger partial charge on any atom is -0.467 e. The Bertz CT molecular complexity index is 1200. The number of esters is 1. The summed E-state index contributed by atoms with van der Waals surface area (Å²) in [6.07, 6.45) is 0.740. The fourth-order valence-electron chi connectivity index (χ4n) is 4.30. The summed E-state index contributed by atoms with van der Waals surface area (Å²) in [6, 6.07) is 14.0. The van der Waals surface area contributed by atoms with Crippen LogP contribution in [-0.4, -0.2) is 66.2 Å². The second-order valence-electron chi connectivity index (χ2n) is 10.6. The minimum atomic E-state index is -1.02. The Hall–Kier alpha value is -3.57. The van der Waals surface area contributed by atoms with Gasteiger partial charge in [-0.2, -0.15) is 0 Å². The monoisotopic (exact) mass is 570 g/mol. The second-order valence-corrected chi connectivity index (χ2v) is 11.8. The van der Waals surface area contributed by atoms with Crippen LogP contribution in [0.25, 0.3) is 11.1 Å². The van der Waals surface area contributed by atoms with Crippen molar-refractivity contribution in [3.63, 3.8) is 0 Å². The highest BCUT2D eigenvalue weighted by Gasteiger charge is 2.29. The quantitative estimate of drug-likeness (QED) is 0.297. The van der Waals surface area contributed by atoms with Gasteiger partial charge in [0.15, 0.2) is 0 Å². The number of methoxy groups -OCH3 is 1. The minimum absolute atomic E-state index is 0.0299. The first-order valence-electron chi connectivity index (χ1n) is 13.2. The van der Waals surface area contributed by atoms with E-state index in [0.717, 1.165) is 17.7 Å². The van der Waals surface area contributed by atoms with Crippen LogP contribution in [0, 0.1) is 0 Å². The smallest absolute Gasteiger partial charge is 0.368 e. The molecule has 11 heteroatoms. The summed E-state index contributed by atoms with van der Waals surface area (Å²) < 4.78 is 10.2. The summed E-state index contributed by atoms with van der Waals surface area (Å²) in [5, 5.41) is 9.35. The van der Waals surface area contributed by atoms with Crippen molar-refractivity contribution in [1.29, 1.82) is 0 Å². The lowest BCUT2D eigenvalue weighted by atomic mass is 9.98. The maximum Gasteiger partial charge on any atom is 0.368 e. The molecule has 5 N–H and O–H groups in total. The summed E-state index contributed by atoms with van der Waals surface area (Å²) in [6.45, 7) is 6.82. The third-order valence-electron chi connectivity index (χ3n) is 6.21. The Morgan fingerprint density at radius 1 is 1.12 bits per heavy atom. The van der Waals surface area contributed by atoms with E-state index < -0.39 is 29.4 Å². The molecular formula is C29H38N4O6S. The molecule has 1 heterocycles. The number of anilines is 1. The Balaban J connectivity index is 1.72. The molecule has 0 bridgehead atoms. The Morgan fingerprint density at radius 2 is 1.85 bits per heavy atom. The molecule has 40 heavy (non-hydrogen) atoms. The van der Waals surface area contributed by atoms with Gasteiger partial charge in [0.2, 0.25) is 5.91 Å². The molecule has 0 saturated carbocycles. The van der Waals surface area contributed by atoms with Crippen LogP contribution < -0.4 is 21.7 Å². The van der Waals surface area contributed by atoms with Gasteiger partial charge in [-0.3, -0.25) is 9.59 Å². The number of rotatable bonds is 11. The highest BCUT2D eigenvalue weighted by atomic mass is 32.2. The molecule has 10 nitrogen and oxygen atoms in total. The van der Waals surface area contributed by atoms with E-state index in [1.165, 1.54) is 18.9 Å². The molecule has 0 aromatic heterocycles. The van der Waals surface area contributed by atoms with Crippen LogP contribution in [0.15, 0.2) is 48.5 Å². The van der Waals surface area contributed by atoms with E-state index in [1.54, 1.807) is 6.07 Å². The van der Waals surface area contributed by atoms with Gasteiger partial charge in [-0.05, 0) is 68.6 Å². The Morgan fingerprint density at radius 3 is 2.50 bits per heavy atom. The summed E-state index contributed by atoms with van der Waals surface area (Å²) in [5.41, 5.74) is 7.34. The van der Waals surface area contributed by atoms with Gasteiger partial charge in [0, 0.05) is 42.1 Å². The van der Waals surface area contributed by atoms with E-state index in [9.17, 15) is 19.2 Å². The van der Waals surface area contributed by atoms with Crippen molar-refractivity contribution in [2.24, 2.45) is 5.73 Å². The van der Waals surface area contributed by atoms with Gasteiger partial charge in [0.1, 0.15) is 11.6 Å². The number of hydrogen-bond acceptors (Lipinski definition) is 9. The molecule has 0 radical (unpaired) electrons. The maximum absolute atomic E-state index is 13.4. The summed E-state index contributed by atoms with van der Waals surface area (Å²) in [4.78, 5) is 49.2. The number of primary amides is 1. The molecule has 1 aliphatic rings. The van der Waals surface area contributed by atoms with Crippen LogP contribution in [-0.2, 0) is 19.1 Å². The first kappa shape index (κ1) is 31.0. The normalized spacial score (nSPS) is 17.5. The fraction of sp³-hybridized carbons (Fsp3) is 0.448. The van der Waals surface area contributed by atoms with E-state index in [1.807, 2.05) is 63.2 Å². The number of ether oxygens (including phenoxy) is 2. The number of carbonyl (C=O) groups is 4. The Labute approximate surface area is 239 Å². The van der Waals surface area contributed by atoms with Crippen molar-refractivity contribution < 1.29 is 28.7 Å². The van der Waals surface area contributed by atoms with Crippen molar-refractivity contribution in [1.82, 2.24) is 10.6 Å². The highest BCUT2D eigenvalue weighted by Crippen LogP contribution is 2.28. The summed E-state index contributed by atoms with van der Waals surface area (Å²) in [5.74, 6) is -1.71. The molecule has 3 rings (SSSR count). The zero-order valence-corrected chi connectivity index (χ0v) is 24.1. The van der Waals surface area contributed by atoms with Gasteiger partial charge >= 0.3 is 11.3 Å². The van der Waals surface area contributed by atoms with E-state index in [0.29, 0.717) is 24.2 Å². The molecule has 1 saturated heterocycles. The van der Waals surface area contributed by atoms with E-state index >= 15 is 0 Å². The van der Waals surface area contributed by atoms with Gasteiger partial charge in [0.25, 0.3) is 5.91 Å². The number of thioether (sulfide) groups is 1. The van der Waals surface area contributed by atoms with Gasteiger partial charge in [0.05, 0.1) is 7.11 Å². The maximum atomic E-state index is 13.4. The number of amides is 2. The molecule has 2 amide bonds. The largest absolute Gasteiger partial charge is 0.467 e. The topological polar surface area (TPSA) is 149 Å². The predicted molar refractivity (Wildman–Crippen MR) is 156 cm³/mol. The van der Waals surface area contributed by atoms with Crippen LogP contribution in [0.5, 0.6) is 0 Å². The number of nitrogens with one attached hydrogen (secondary N) is 3. The molecular weight excluding hydrogens is 532 g/mol. The molecule has 3 atom stereocenters. The van der Waals surface area contributed by atoms with Crippen molar-refractivity contribution in [2.45, 2.75) is 63.0 Å². The second kappa shape index (κ2) is 14.2. The molecule has 216 valence electrons. The third-order valence-corrected chi connectivity index (χ3v) is 7.17. The zero-order chi connectivity index (χ0) is 29.3. The Kier molecular flexibility index (Phi) is 11.0. The van der Waals surface area contributed by atoms with Gasteiger partial charge in [-0.25, -0.2) is 9.59 Å².